The molecule has 0 spiro atoms. The van der Waals surface area contributed by atoms with Crippen molar-refractivity contribution in [3.63, 3.8) is 0 Å². The van der Waals surface area contributed by atoms with Gasteiger partial charge in [0.15, 0.2) is 5.78 Å². The van der Waals surface area contributed by atoms with Crippen molar-refractivity contribution in [2.75, 3.05) is 0 Å². The van der Waals surface area contributed by atoms with Gasteiger partial charge in [0.2, 0.25) is 0 Å². The van der Waals surface area contributed by atoms with Gasteiger partial charge in [-0.25, -0.2) is 0 Å². The number of fused-ring (bicyclic) bond motifs is 5. The summed E-state index contributed by atoms with van der Waals surface area (Å²) in [5.74, 6) is 6.31. The summed E-state index contributed by atoms with van der Waals surface area (Å²) < 4.78 is 1.90. The monoisotopic (exact) mass is 412 g/mol. The molecule has 1 heterocycles. The second kappa shape index (κ2) is 8.79. The molecule has 0 bridgehead atoms. The number of aryl methyl sites for hydroxylation is 1. The molecule has 0 amide bonds. The van der Waals surface area contributed by atoms with Crippen molar-refractivity contribution >= 4 is 5.78 Å². The van der Waals surface area contributed by atoms with Crippen molar-refractivity contribution in [2.45, 2.75) is 99.0 Å². The topological polar surface area (TPSA) is 34.9 Å². The highest BCUT2D eigenvalue weighted by Crippen LogP contribution is 2.64. The molecule has 0 radical (unpaired) electrons. The van der Waals surface area contributed by atoms with Gasteiger partial charge in [-0.05, 0) is 105 Å². The Morgan fingerprint density at radius 2 is 1.83 bits per heavy atom. The molecule has 1 aromatic heterocycles. The first-order valence-corrected chi connectivity index (χ1v) is 13.0. The molecule has 5 rings (SSSR count). The van der Waals surface area contributed by atoms with Crippen LogP contribution in [0, 0.1) is 53.8 Å². The van der Waals surface area contributed by atoms with Crippen LogP contribution in [0.25, 0.3) is 0 Å². The van der Waals surface area contributed by atoms with Gasteiger partial charge >= 0.3 is 0 Å². The number of ketones is 1. The number of carbonyl (C=O) groups is 1. The lowest BCUT2D eigenvalue weighted by molar-refractivity contribution is -0.131. The Hall–Kier alpha value is -1.12. The molecular weight excluding hydrogens is 368 g/mol. The van der Waals surface area contributed by atoms with Crippen molar-refractivity contribution < 1.29 is 4.79 Å². The van der Waals surface area contributed by atoms with E-state index in [2.05, 4.69) is 18.9 Å². The van der Waals surface area contributed by atoms with Crippen LogP contribution in [0.2, 0.25) is 0 Å². The quantitative estimate of drug-likeness (QED) is 0.554. The molecule has 4 aliphatic carbocycles. The Bertz CT molecular complexity index is 739. The maximum Gasteiger partial charge on any atom is 0.157 e. The summed E-state index contributed by atoms with van der Waals surface area (Å²) in [6.45, 7) is 11.5. The van der Waals surface area contributed by atoms with Gasteiger partial charge in [0, 0.05) is 17.8 Å². The van der Waals surface area contributed by atoms with Gasteiger partial charge in [0.05, 0.1) is 0 Å². The zero-order chi connectivity index (χ0) is 21.5. The van der Waals surface area contributed by atoms with E-state index in [1.807, 2.05) is 37.7 Å². The number of aromatic nitrogens is 2. The molecule has 30 heavy (non-hydrogen) atoms. The van der Waals surface area contributed by atoms with Crippen LogP contribution in [0.5, 0.6) is 0 Å². The second-order valence-electron chi connectivity index (χ2n) is 11.1. The Morgan fingerprint density at radius 1 is 1.07 bits per heavy atom. The first kappa shape index (κ1) is 22.1. The van der Waals surface area contributed by atoms with Gasteiger partial charge in [-0.2, -0.15) is 5.10 Å². The lowest BCUT2D eigenvalue weighted by atomic mass is 9.49. The predicted octanol–water partition coefficient (Wildman–Crippen LogP) is 6.69. The fraction of sp³-hybridized carbons (Fsp3) is 0.852. The number of nitrogens with zero attached hydrogens (tertiary/aromatic N) is 2. The number of hydrogen-bond acceptors (Lipinski definition) is 2. The van der Waals surface area contributed by atoms with E-state index in [1.54, 1.807) is 0 Å². The van der Waals surface area contributed by atoms with E-state index < -0.39 is 0 Å². The Kier molecular flexibility index (Phi) is 6.47. The van der Waals surface area contributed by atoms with Crippen molar-refractivity contribution in [1.29, 1.82) is 0 Å². The van der Waals surface area contributed by atoms with Crippen molar-refractivity contribution in [1.82, 2.24) is 9.78 Å². The molecule has 3 heteroatoms. The molecule has 4 fully saturated rings. The summed E-state index contributed by atoms with van der Waals surface area (Å²) >= 11 is 0. The van der Waals surface area contributed by atoms with Gasteiger partial charge < -0.3 is 0 Å². The van der Waals surface area contributed by atoms with E-state index in [4.69, 9.17) is 0 Å². The van der Waals surface area contributed by atoms with Gasteiger partial charge in [-0.3, -0.25) is 9.48 Å². The summed E-state index contributed by atoms with van der Waals surface area (Å²) in [5, 5.41) is 4.37. The highest BCUT2D eigenvalue weighted by molar-refractivity contribution is 5.82. The van der Waals surface area contributed by atoms with Crippen LogP contribution in [0.1, 0.15) is 91.2 Å². The minimum atomic E-state index is 0.244. The summed E-state index contributed by atoms with van der Waals surface area (Å²) in [6, 6.07) is 2.00. The predicted molar refractivity (Wildman–Crippen MR) is 123 cm³/mol. The van der Waals surface area contributed by atoms with Crippen LogP contribution in [0.3, 0.4) is 0 Å². The summed E-state index contributed by atoms with van der Waals surface area (Å²) in [6.07, 6.45) is 14.2. The summed E-state index contributed by atoms with van der Waals surface area (Å²) in [7, 11) is 0. The number of carbonyl (C=O) groups excluding carboxylic acids is 1. The first-order valence-electron chi connectivity index (χ1n) is 13.0. The van der Waals surface area contributed by atoms with E-state index in [0.717, 1.165) is 47.6 Å². The molecular formula is C27H44N2O. The first-order chi connectivity index (χ1) is 14.5. The third kappa shape index (κ3) is 3.69. The molecule has 8 unspecified atom stereocenters. The molecule has 4 saturated carbocycles. The maximum absolute atomic E-state index is 13.3. The molecule has 1 aromatic rings. The van der Waals surface area contributed by atoms with Crippen LogP contribution in [-0.4, -0.2) is 15.6 Å². The van der Waals surface area contributed by atoms with Crippen LogP contribution in [0.15, 0.2) is 12.3 Å². The van der Waals surface area contributed by atoms with Crippen LogP contribution < -0.4 is 0 Å². The standard InChI is InChI=1S/C25H38N2O.C2H6/c1-16-4-6-19-18(14-16)5-7-21-20(19)10-12-25(3)22(21)8-9-23(25)24(28)15-27-17(2)11-13-26-27;1-2/h11,13,16,18-23H,4-10,12,14-15H2,1-3H3;1-2H3. The zero-order valence-corrected chi connectivity index (χ0v) is 20.1. The van der Waals surface area contributed by atoms with E-state index >= 15 is 0 Å². The molecule has 3 nitrogen and oxygen atoms in total. The van der Waals surface area contributed by atoms with Gasteiger partial charge in [-0.1, -0.05) is 34.1 Å². The van der Waals surface area contributed by atoms with Crippen LogP contribution in [-0.2, 0) is 11.3 Å². The fourth-order valence-corrected chi connectivity index (χ4v) is 8.44. The Labute approximate surface area is 184 Å². The molecule has 4 aliphatic rings. The third-order valence-electron chi connectivity index (χ3n) is 9.84. The Balaban J connectivity index is 0.00000106. The van der Waals surface area contributed by atoms with Crippen molar-refractivity contribution in [2.24, 2.45) is 46.8 Å². The number of hydrogen-bond donors (Lipinski definition) is 0. The average Bonchev–Trinajstić information content (AvgIpc) is 3.31. The zero-order valence-electron chi connectivity index (χ0n) is 20.1. The van der Waals surface area contributed by atoms with Crippen molar-refractivity contribution in [3.8, 4) is 0 Å². The second-order valence-corrected chi connectivity index (χ2v) is 11.1. The lowest BCUT2D eigenvalue weighted by Gasteiger charge is -2.56. The largest absolute Gasteiger partial charge is 0.297 e. The van der Waals surface area contributed by atoms with E-state index in [9.17, 15) is 4.79 Å². The number of Topliss-reactive ketones (excluding diaryl/α,β-unsaturated/α-hetero) is 1. The normalized spacial score (nSPS) is 42.4. The minimum Gasteiger partial charge on any atom is -0.297 e. The molecule has 0 aromatic carbocycles. The van der Waals surface area contributed by atoms with E-state index in [0.29, 0.717) is 12.3 Å². The maximum atomic E-state index is 13.3. The van der Waals surface area contributed by atoms with Crippen molar-refractivity contribution in [3.05, 3.63) is 18.0 Å². The molecule has 0 aliphatic heterocycles. The third-order valence-corrected chi connectivity index (χ3v) is 9.84. The molecule has 0 N–H and O–H groups in total. The average molecular weight is 413 g/mol. The Morgan fingerprint density at radius 3 is 2.57 bits per heavy atom. The highest BCUT2D eigenvalue weighted by atomic mass is 16.1. The van der Waals surface area contributed by atoms with Gasteiger partial charge in [0.1, 0.15) is 6.54 Å². The smallest absolute Gasteiger partial charge is 0.157 e. The minimum absolute atomic E-state index is 0.244. The van der Waals surface area contributed by atoms with Gasteiger partial charge in [0.25, 0.3) is 0 Å². The van der Waals surface area contributed by atoms with Gasteiger partial charge in [-0.15, -0.1) is 0 Å². The molecule has 8 atom stereocenters. The van der Waals surface area contributed by atoms with E-state index in [-0.39, 0.29) is 11.3 Å². The van der Waals surface area contributed by atoms with Crippen LogP contribution in [0.4, 0.5) is 0 Å². The van der Waals surface area contributed by atoms with E-state index in [1.165, 1.54) is 51.4 Å². The summed E-state index contributed by atoms with van der Waals surface area (Å²) in [4.78, 5) is 13.3. The fourth-order valence-electron chi connectivity index (χ4n) is 8.44. The summed E-state index contributed by atoms with van der Waals surface area (Å²) in [5.41, 5.74) is 1.34. The van der Waals surface area contributed by atoms with Crippen LogP contribution >= 0.6 is 0 Å². The molecule has 168 valence electrons. The number of rotatable bonds is 3. The highest BCUT2D eigenvalue weighted by Gasteiger charge is 2.58. The molecule has 0 saturated heterocycles. The SMILES string of the molecule is CC.Cc1ccnn1CC(=O)C1CCC2C3CCC4CC(C)CCC4C3CCC12C. The lowest BCUT2D eigenvalue weighted by Crippen LogP contribution is -2.49.